The van der Waals surface area contributed by atoms with Crippen molar-refractivity contribution in [3.05, 3.63) is 64.7 Å². The monoisotopic (exact) mass is 286 g/mol. The Balaban J connectivity index is 2.23. The Morgan fingerprint density at radius 3 is 2.62 bits per heavy atom. The molecule has 2 rings (SSSR count). The normalized spacial score (nSPS) is 12.4. The molecule has 0 saturated heterocycles. The van der Waals surface area contributed by atoms with E-state index in [4.69, 9.17) is 0 Å². The van der Waals surface area contributed by atoms with Crippen LogP contribution in [0.2, 0.25) is 0 Å². The molecule has 1 aromatic heterocycles. The summed E-state index contributed by atoms with van der Waals surface area (Å²) in [5.41, 5.74) is 4.38. The van der Waals surface area contributed by atoms with Gasteiger partial charge in [-0.15, -0.1) is 0 Å². The Hall–Kier alpha value is -1.74. The van der Waals surface area contributed by atoms with Crippen molar-refractivity contribution in [1.82, 2.24) is 10.3 Å². The van der Waals surface area contributed by atoms with Crippen molar-refractivity contribution in [1.29, 1.82) is 0 Å². The van der Waals surface area contributed by atoms with Crippen LogP contribution < -0.4 is 5.32 Å². The largest absolute Gasteiger partial charge is 0.310 e. The van der Waals surface area contributed by atoms with Crippen molar-refractivity contribution in [2.24, 2.45) is 0 Å². The molecule has 2 nitrogen and oxygen atoms in total. The van der Waals surface area contributed by atoms with E-state index in [9.17, 15) is 4.39 Å². The smallest absolute Gasteiger partial charge is 0.123 e. The number of pyridine rings is 1. The van der Waals surface area contributed by atoms with Gasteiger partial charge in [-0.1, -0.05) is 26.0 Å². The molecule has 0 saturated carbocycles. The summed E-state index contributed by atoms with van der Waals surface area (Å²) in [5, 5.41) is 3.44. The Morgan fingerprint density at radius 2 is 2.00 bits per heavy atom. The van der Waals surface area contributed by atoms with Gasteiger partial charge in [0.1, 0.15) is 5.82 Å². The fourth-order valence-electron chi connectivity index (χ4n) is 2.52. The standard InChI is InChI=1S/C18H23FN2/c1-4-14-7-9-16(21-12-14)11-18(20-5-2)17-10-15(19)8-6-13(17)3/h6-10,12,18,20H,4-5,11H2,1-3H3. The number of hydrogen-bond donors (Lipinski definition) is 1. The molecule has 0 fully saturated rings. The highest BCUT2D eigenvalue weighted by atomic mass is 19.1. The van der Waals surface area contributed by atoms with E-state index in [-0.39, 0.29) is 11.9 Å². The van der Waals surface area contributed by atoms with Gasteiger partial charge < -0.3 is 5.32 Å². The highest BCUT2D eigenvalue weighted by molar-refractivity contribution is 5.31. The van der Waals surface area contributed by atoms with Gasteiger partial charge in [0.2, 0.25) is 0 Å². The zero-order chi connectivity index (χ0) is 15.2. The highest BCUT2D eigenvalue weighted by Gasteiger charge is 2.15. The maximum Gasteiger partial charge on any atom is 0.123 e. The highest BCUT2D eigenvalue weighted by Crippen LogP contribution is 2.22. The molecule has 0 aliphatic rings. The summed E-state index contributed by atoms with van der Waals surface area (Å²) in [6.45, 7) is 7.05. The number of hydrogen-bond acceptors (Lipinski definition) is 2. The van der Waals surface area contributed by atoms with Crippen molar-refractivity contribution >= 4 is 0 Å². The number of rotatable bonds is 6. The summed E-state index contributed by atoms with van der Waals surface area (Å²) < 4.78 is 13.5. The van der Waals surface area contributed by atoms with Crippen LogP contribution in [0, 0.1) is 12.7 Å². The first kappa shape index (κ1) is 15.6. The molecule has 0 radical (unpaired) electrons. The van der Waals surface area contributed by atoms with E-state index in [0.717, 1.165) is 36.2 Å². The number of aromatic nitrogens is 1. The maximum absolute atomic E-state index is 13.5. The molecule has 0 bridgehead atoms. The predicted octanol–water partition coefficient (Wildman–Crippen LogP) is 3.98. The molecule has 2 aromatic rings. The van der Waals surface area contributed by atoms with E-state index in [1.807, 2.05) is 19.2 Å². The summed E-state index contributed by atoms with van der Waals surface area (Å²) >= 11 is 0. The predicted molar refractivity (Wildman–Crippen MR) is 84.9 cm³/mol. The number of aryl methyl sites for hydroxylation is 2. The van der Waals surface area contributed by atoms with Crippen molar-refractivity contribution < 1.29 is 4.39 Å². The topological polar surface area (TPSA) is 24.9 Å². The Labute approximate surface area is 126 Å². The van der Waals surface area contributed by atoms with Crippen LogP contribution in [0.3, 0.4) is 0 Å². The molecule has 0 amide bonds. The van der Waals surface area contributed by atoms with Gasteiger partial charge in [0.15, 0.2) is 0 Å². The lowest BCUT2D eigenvalue weighted by atomic mass is 9.97. The lowest BCUT2D eigenvalue weighted by molar-refractivity contribution is 0.535. The maximum atomic E-state index is 13.5. The zero-order valence-corrected chi connectivity index (χ0v) is 13.0. The molecule has 3 heteroatoms. The molecule has 1 heterocycles. The zero-order valence-electron chi connectivity index (χ0n) is 13.0. The number of nitrogens with one attached hydrogen (secondary N) is 1. The third-order valence-electron chi connectivity index (χ3n) is 3.77. The third kappa shape index (κ3) is 4.11. The van der Waals surface area contributed by atoms with Crippen LogP contribution in [0.25, 0.3) is 0 Å². The van der Waals surface area contributed by atoms with Gasteiger partial charge in [-0.2, -0.15) is 0 Å². The average Bonchev–Trinajstić information content (AvgIpc) is 2.50. The SMILES string of the molecule is CCNC(Cc1ccc(CC)cn1)c1cc(F)ccc1C. The Kier molecular flexibility index (Phi) is 5.45. The van der Waals surface area contributed by atoms with Crippen molar-refractivity contribution in [3.8, 4) is 0 Å². The first-order valence-electron chi connectivity index (χ1n) is 7.57. The van der Waals surface area contributed by atoms with E-state index in [2.05, 4.69) is 36.3 Å². The quantitative estimate of drug-likeness (QED) is 0.868. The van der Waals surface area contributed by atoms with E-state index in [1.54, 1.807) is 6.07 Å². The van der Waals surface area contributed by atoms with Crippen molar-refractivity contribution in [2.45, 2.75) is 39.7 Å². The van der Waals surface area contributed by atoms with Crippen LogP contribution >= 0.6 is 0 Å². The van der Waals surface area contributed by atoms with Gasteiger partial charge in [-0.05, 0) is 54.8 Å². The lowest BCUT2D eigenvalue weighted by Gasteiger charge is -2.20. The second kappa shape index (κ2) is 7.32. The molecule has 1 N–H and O–H groups in total. The van der Waals surface area contributed by atoms with Crippen LogP contribution in [-0.4, -0.2) is 11.5 Å². The third-order valence-corrected chi connectivity index (χ3v) is 3.77. The van der Waals surface area contributed by atoms with Gasteiger partial charge in [0.25, 0.3) is 0 Å². The van der Waals surface area contributed by atoms with Gasteiger partial charge in [0.05, 0.1) is 0 Å². The summed E-state index contributed by atoms with van der Waals surface area (Å²) in [6.07, 6.45) is 3.69. The molecule has 112 valence electrons. The van der Waals surface area contributed by atoms with Crippen molar-refractivity contribution in [2.75, 3.05) is 6.54 Å². The van der Waals surface area contributed by atoms with Gasteiger partial charge in [-0.25, -0.2) is 4.39 Å². The Bertz CT molecular complexity index is 578. The summed E-state index contributed by atoms with van der Waals surface area (Å²) in [5.74, 6) is -0.187. The molecule has 1 unspecified atom stereocenters. The van der Waals surface area contributed by atoms with Crippen LogP contribution in [0.1, 0.15) is 42.3 Å². The molecule has 21 heavy (non-hydrogen) atoms. The van der Waals surface area contributed by atoms with Gasteiger partial charge in [-0.3, -0.25) is 4.98 Å². The van der Waals surface area contributed by atoms with E-state index in [0.29, 0.717) is 0 Å². The second-order valence-electron chi connectivity index (χ2n) is 5.33. The minimum Gasteiger partial charge on any atom is -0.310 e. The number of benzene rings is 1. The molecular formula is C18H23FN2. The molecule has 1 aromatic carbocycles. The average molecular weight is 286 g/mol. The van der Waals surface area contributed by atoms with E-state index in [1.165, 1.54) is 11.6 Å². The molecular weight excluding hydrogens is 263 g/mol. The fourth-order valence-corrected chi connectivity index (χ4v) is 2.52. The number of likely N-dealkylation sites (N-methyl/N-ethyl adjacent to an activating group) is 1. The first-order valence-corrected chi connectivity index (χ1v) is 7.57. The van der Waals surface area contributed by atoms with Crippen LogP contribution in [0.5, 0.6) is 0 Å². The molecule has 0 spiro atoms. The van der Waals surface area contributed by atoms with Crippen LogP contribution in [0.4, 0.5) is 4.39 Å². The molecule has 1 atom stereocenters. The first-order chi connectivity index (χ1) is 10.1. The Morgan fingerprint density at radius 1 is 1.19 bits per heavy atom. The van der Waals surface area contributed by atoms with Crippen LogP contribution in [0.15, 0.2) is 36.5 Å². The summed E-state index contributed by atoms with van der Waals surface area (Å²) in [6, 6.07) is 9.24. The van der Waals surface area contributed by atoms with Gasteiger partial charge in [0, 0.05) is 24.4 Å². The molecule has 0 aliphatic heterocycles. The van der Waals surface area contributed by atoms with E-state index >= 15 is 0 Å². The summed E-state index contributed by atoms with van der Waals surface area (Å²) in [4.78, 5) is 4.52. The number of halogens is 1. The van der Waals surface area contributed by atoms with Gasteiger partial charge >= 0.3 is 0 Å². The van der Waals surface area contributed by atoms with Crippen LogP contribution in [-0.2, 0) is 12.8 Å². The summed E-state index contributed by atoms with van der Waals surface area (Å²) in [7, 11) is 0. The minimum atomic E-state index is -0.187. The minimum absolute atomic E-state index is 0.0886. The number of nitrogens with zero attached hydrogens (tertiary/aromatic N) is 1. The molecule has 0 aliphatic carbocycles. The second-order valence-corrected chi connectivity index (χ2v) is 5.33. The lowest BCUT2D eigenvalue weighted by Crippen LogP contribution is -2.24. The van der Waals surface area contributed by atoms with Crippen molar-refractivity contribution in [3.63, 3.8) is 0 Å². The fraction of sp³-hybridized carbons (Fsp3) is 0.389. The van der Waals surface area contributed by atoms with E-state index < -0.39 is 0 Å².